The standard InChI is InChI=1S/C10H18NO2/c1-9(2)5-8(13)6-10(3,4)11(9)7-12/h8,13H,5-6H2,1-4H3. The van der Waals surface area contributed by atoms with Gasteiger partial charge in [0.15, 0.2) is 0 Å². The SMILES string of the molecule is CC1(C)CC(O)CC(C)(C)N1[C]=O. The maximum Gasteiger partial charge on any atom is 0.313 e. The van der Waals surface area contributed by atoms with Crippen LogP contribution in [0.1, 0.15) is 40.5 Å². The van der Waals surface area contributed by atoms with Crippen molar-refractivity contribution in [2.75, 3.05) is 0 Å². The highest BCUT2D eigenvalue weighted by molar-refractivity contribution is 5.52. The average molecular weight is 184 g/mol. The van der Waals surface area contributed by atoms with E-state index < -0.39 is 0 Å². The van der Waals surface area contributed by atoms with Gasteiger partial charge < -0.3 is 10.0 Å². The van der Waals surface area contributed by atoms with Gasteiger partial charge in [-0.3, -0.25) is 4.79 Å². The summed E-state index contributed by atoms with van der Waals surface area (Å²) in [4.78, 5) is 12.5. The summed E-state index contributed by atoms with van der Waals surface area (Å²) in [6.07, 6.45) is 2.93. The smallest absolute Gasteiger partial charge is 0.313 e. The van der Waals surface area contributed by atoms with Crippen molar-refractivity contribution in [3.05, 3.63) is 0 Å². The Morgan fingerprint density at radius 3 is 1.92 bits per heavy atom. The van der Waals surface area contributed by atoms with Crippen molar-refractivity contribution in [2.24, 2.45) is 0 Å². The molecular formula is C10H18NO2. The predicted octanol–water partition coefficient (Wildman–Crippen LogP) is 1.07. The van der Waals surface area contributed by atoms with Gasteiger partial charge in [0.1, 0.15) is 0 Å². The first-order valence-electron chi connectivity index (χ1n) is 4.66. The topological polar surface area (TPSA) is 40.5 Å². The molecule has 0 aromatic carbocycles. The van der Waals surface area contributed by atoms with Crippen molar-refractivity contribution in [1.82, 2.24) is 4.90 Å². The fourth-order valence-electron chi connectivity index (χ4n) is 2.47. The molecule has 13 heavy (non-hydrogen) atoms. The number of nitrogens with zero attached hydrogens (tertiary/aromatic N) is 1. The van der Waals surface area contributed by atoms with Gasteiger partial charge in [0.25, 0.3) is 0 Å². The number of likely N-dealkylation sites (tertiary alicyclic amines) is 1. The van der Waals surface area contributed by atoms with Crippen LogP contribution in [0.5, 0.6) is 0 Å². The average Bonchev–Trinajstić information content (AvgIpc) is 1.79. The van der Waals surface area contributed by atoms with Gasteiger partial charge in [-0.1, -0.05) is 0 Å². The van der Waals surface area contributed by atoms with Crippen LogP contribution in [0.2, 0.25) is 0 Å². The van der Waals surface area contributed by atoms with Crippen LogP contribution < -0.4 is 0 Å². The summed E-state index contributed by atoms with van der Waals surface area (Å²) in [6.45, 7) is 7.84. The molecule has 0 aliphatic carbocycles. The number of rotatable bonds is 1. The number of piperidine rings is 1. The first-order valence-corrected chi connectivity index (χ1v) is 4.66. The van der Waals surface area contributed by atoms with Crippen LogP contribution in [0.3, 0.4) is 0 Å². The zero-order valence-electron chi connectivity index (χ0n) is 8.79. The van der Waals surface area contributed by atoms with Crippen LogP contribution in [-0.2, 0) is 4.79 Å². The Bertz CT molecular complexity index is 193. The molecule has 0 bridgehead atoms. The summed E-state index contributed by atoms with van der Waals surface area (Å²) in [5, 5.41) is 9.64. The third-order valence-electron chi connectivity index (χ3n) is 2.77. The number of amides is 1. The number of aliphatic hydroxyl groups is 1. The molecule has 0 unspecified atom stereocenters. The molecule has 75 valence electrons. The van der Waals surface area contributed by atoms with E-state index in [1.54, 1.807) is 4.90 Å². The van der Waals surface area contributed by atoms with Crippen LogP contribution >= 0.6 is 0 Å². The highest BCUT2D eigenvalue weighted by Gasteiger charge is 2.44. The van der Waals surface area contributed by atoms with Crippen molar-refractivity contribution in [1.29, 1.82) is 0 Å². The Balaban J connectivity index is 2.94. The monoisotopic (exact) mass is 184 g/mol. The Morgan fingerprint density at radius 2 is 1.62 bits per heavy atom. The lowest BCUT2D eigenvalue weighted by molar-refractivity contribution is -0.0367. The molecule has 0 atom stereocenters. The lowest BCUT2D eigenvalue weighted by Gasteiger charge is -2.51. The van der Waals surface area contributed by atoms with Gasteiger partial charge in [-0.15, -0.1) is 0 Å². The molecular weight excluding hydrogens is 166 g/mol. The van der Waals surface area contributed by atoms with E-state index in [4.69, 9.17) is 0 Å². The molecule has 0 aromatic heterocycles. The number of hydrogen-bond donors (Lipinski definition) is 1. The summed E-state index contributed by atoms with van der Waals surface area (Å²) >= 11 is 0. The second kappa shape index (κ2) is 2.98. The summed E-state index contributed by atoms with van der Waals surface area (Å²) in [7, 11) is 0. The molecule has 1 aliphatic rings. The van der Waals surface area contributed by atoms with Crippen molar-refractivity contribution in [2.45, 2.75) is 57.7 Å². The molecule has 3 heteroatoms. The van der Waals surface area contributed by atoms with Crippen LogP contribution in [0.4, 0.5) is 0 Å². The highest BCUT2D eigenvalue weighted by Crippen LogP contribution is 2.36. The van der Waals surface area contributed by atoms with E-state index in [-0.39, 0.29) is 17.2 Å². The molecule has 3 nitrogen and oxygen atoms in total. The summed E-state index contributed by atoms with van der Waals surface area (Å²) < 4.78 is 0. The van der Waals surface area contributed by atoms with Crippen molar-refractivity contribution < 1.29 is 9.90 Å². The zero-order valence-corrected chi connectivity index (χ0v) is 8.79. The van der Waals surface area contributed by atoms with Gasteiger partial charge in [-0.05, 0) is 40.5 Å². The summed E-state index contributed by atoms with van der Waals surface area (Å²) in [6, 6.07) is 0. The first-order chi connectivity index (χ1) is 5.79. The third kappa shape index (κ3) is 1.85. The molecule has 1 rings (SSSR count). The van der Waals surface area contributed by atoms with Gasteiger partial charge in [-0.2, -0.15) is 0 Å². The van der Waals surface area contributed by atoms with Gasteiger partial charge in [-0.25, -0.2) is 0 Å². The number of aliphatic hydroxyl groups excluding tert-OH is 1. The fourth-order valence-corrected chi connectivity index (χ4v) is 2.47. The van der Waals surface area contributed by atoms with Crippen LogP contribution in [0, 0.1) is 0 Å². The van der Waals surface area contributed by atoms with Gasteiger partial charge in [0, 0.05) is 11.1 Å². The zero-order chi connectivity index (χ0) is 10.3. The van der Waals surface area contributed by atoms with Gasteiger partial charge in [0.05, 0.1) is 6.10 Å². The second-order valence-electron chi connectivity index (χ2n) is 5.11. The van der Waals surface area contributed by atoms with Gasteiger partial charge >= 0.3 is 6.41 Å². The Hall–Kier alpha value is -0.570. The summed E-state index contributed by atoms with van der Waals surface area (Å²) in [5.74, 6) is 0. The lowest BCUT2D eigenvalue weighted by atomic mass is 9.79. The van der Waals surface area contributed by atoms with Crippen molar-refractivity contribution >= 4 is 6.41 Å². The maximum absolute atomic E-state index is 10.8. The van der Waals surface area contributed by atoms with Crippen LogP contribution in [-0.4, -0.2) is 33.6 Å². The molecule has 0 spiro atoms. The molecule has 1 heterocycles. The highest BCUT2D eigenvalue weighted by atomic mass is 16.3. The minimum atomic E-state index is -0.311. The molecule has 1 N–H and O–H groups in total. The first kappa shape index (κ1) is 10.5. The second-order valence-corrected chi connectivity index (χ2v) is 5.11. The Morgan fingerprint density at radius 1 is 1.23 bits per heavy atom. The Kier molecular flexibility index (Phi) is 2.41. The molecule has 0 aromatic rings. The minimum absolute atomic E-state index is 0.289. The largest absolute Gasteiger partial charge is 0.393 e. The molecule has 1 saturated heterocycles. The van der Waals surface area contributed by atoms with Crippen molar-refractivity contribution in [3.63, 3.8) is 0 Å². The molecule has 1 radical (unpaired) electrons. The van der Waals surface area contributed by atoms with Crippen LogP contribution in [0.15, 0.2) is 0 Å². The quantitative estimate of drug-likeness (QED) is 0.662. The Labute approximate surface area is 79.7 Å². The van der Waals surface area contributed by atoms with E-state index in [1.807, 2.05) is 34.1 Å². The molecule has 1 aliphatic heterocycles. The van der Waals surface area contributed by atoms with E-state index in [0.717, 1.165) is 0 Å². The van der Waals surface area contributed by atoms with E-state index in [1.165, 1.54) is 0 Å². The third-order valence-corrected chi connectivity index (χ3v) is 2.77. The lowest BCUT2D eigenvalue weighted by Crippen LogP contribution is -2.61. The predicted molar refractivity (Wildman–Crippen MR) is 50.9 cm³/mol. The molecule has 0 saturated carbocycles. The molecule has 1 amide bonds. The normalized spacial score (nSPS) is 27.3. The molecule has 1 fully saturated rings. The minimum Gasteiger partial charge on any atom is -0.393 e. The summed E-state index contributed by atoms with van der Waals surface area (Å²) in [5.41, 5.74) is -0.578. The van der Waals surface area contributed by atoms with Gasteiger partial charge in [0.2, 0.25) is 0 Å². The number of hydrogen-bond acceptors (Lipinski definition) is 2. The van der Waals surface area contributed by atoms with E-state index in [0.29, 0.717) is 12.8 Å². The van der Waals surface area contributed by atoms with Crippen LogP contribution in [0.25, 0.3) is 0 Å². The van der Waals surface area contributed by atoms with E-state index in [2.05, 4.69) is 0 Å². The van der Waals surface area contributed by atoms with Crippen molar-refractivity contribution in [3.8, 4) is 0 Å². The maximum atomic E-state index is 10.8. The van der Waals surface area contributed by atoms with E-state index in [9.17, 15) is 9.90 Å². The fraction of sp³-hybridized carbons (Fsp3) is 0.900. The number of carbonyl (C=O) groups excluding carboxylic acids is 1. The van der Waals surface area contributed by atoms with E-state index >= 15 is 0 Å².